The maximum Gasteiger partial charge on any atom is 0.239 e. The number of hydrogen-bond acceptors (Lipinski definition) is 4. The monoisotopic (exact) mass is 382 g/mol. The molecule has 0 bridgehead atoms. The average Bonchev–Trinajstić information content (AvgIpc) is 2.47. The van der Waals surface area contributed by atoms with Gasteiger partial charge in [0.15, 0.2) is 0 Å². The standard InChI is InChI=1S/C15H23ClN4O.2ClH/c1-11(2)9-13(17)15(21)20-7-5-19(6-8-20)14-4-3-12(16)10-18-14;;/h3-4,10-11,13H,5-9,17H2,1-2H3;2*1H/t13-;;/m0../s1. The van der Waals surface area contributed by atoms with E-state index < -0.39 is 0 Å². The van der Waals surface area contributed by atoms with Crippen LogP contribution >= 0.6 is 36.4 Å². The Morgan fingerprint density at radius 2 is 1.87 bits per heavy atom. The van der Waals surface area contributed by atoms with Crippen molar-refractivity contribution in [2.45, 2.75) is 26.3 Å². The number of halogens is 3. The lowest BCUT2D eigenvalue weighted by atomic mass is 10.0. The fraction of sp³-hybridized carbons (Fsp3) is 0.600. The summed E-state index contributed by atoms with van der Waals surface area (Å²) in [4.78, 5) is 20.6. The molecule has 1 saturated heterocycles. The molecule has 1 aromatic heterocycles. The molecule has 2 rings (SSSR count). The molecular weight excluding hydrogens is 359 g/mol. The van der Waals surface area contributed by atoms with E-state index in [0.717, 1.165) is 25.3 Å². The molecular formula is C15H25Cl3N4O. The smallest absolute Gasteiger partial charge is 0.239 e. The number of nitrogens with zero attached hydrogens (tertiary/aromatic N) is 3. The largest absolute Gasteiger partial charge is 0.353 e. The fourth-order valence-electron chi connectivity index (χ4n) is 2.55. The molecule has 8 heteroatoms. The number of amides is 1. The molecule has 0 aromatic carbocycles. The molecule has 23 heavy (non-hydrogen) atoms. The average molecular weight is 384 g/mol. The van der Waals surface area contributed by atoms with Crippen LogP contribution in [0.4, 0.5) is 5.82 Å². The summed E-state index contributed by atoms with van der Waals surface area (Å²) in [7, 11) is 0. The minimum absolute atomic E-state index is 0. The first-order chi connectivity index (χ1) is 9.97. The molecule has 2 N–H and O–H groups in total. The Hall–Kier alpha value is -0.750. The SMILES string of the molecule is CC(C)C[C@H](N)C(=O)N1CCN(c2ccc(Cl)cn2)CC1.Cl.Cl. The molecule has 5 nitrogen and oxygen atoms in total. The van der Waals surface area contributed by atoms with Crippen molar-refractivity contribution in [3.05, 3.63) is 23.4 Å². The number of aromatic nitrogens is 1. The van der Waals surface area contributed by atoms with Crippen molar-refractivity contribution in [3.8, 4) is 0 Å². The predicted molar refractivity (Wildman–Crippen MR) is 100.0 cm³/mol. The summed E-state index contributed by atoms with van der Waals surface area (Å²) in [5.41, 5.74) is 5.98. The Labute approximate surface area is 155 Å². The number of carbonyl (C=O) groups excluding carboxylic acids is 1. The van der Waals surface area contributed by atoms with E-state index in [1.54, 1.807) is 6.20 Å². The van der Waals surface area contributed by atoms with Gasteiger partial charge >= 0.3 is 0 Å². The number of carbonyl (C=O) groups is 1. The van der Waals surface area contributed by atoms with Gasteiger partial charge in [0.05, 0.1) is 11.1 Å². The first-order valence-corrected chi connectivity index (χ1v) is 7.76. The Bertz CT molecular complexity index is 476. The summed E-state index contributed by atoms with van der Waals surface area (Å²) in [6.07, 6.45) is 2.38. The van der Waals surface area contributed by atoms with Gasteiger partial charge in [0.2, 0.25) is 5.91 Å². The molecule has 2 heterocycles. The normalized spacial score (nSPS) is 15.7. The second-order valence-electron chi connectivity index (χ2n) is 5.88. The van der Waals surface area contributed by atoms with E-state index in [-0.39, 0.29) is 36.8 Å². The van der Waals surface area contributed by atoms with Crippen molar-refractivity contribution in [1.82, 2.24) is 9.88 Å². The fourth-order valence-corrected chi connectivity index (χ4v) is 2.67. The number of hydrogen-bond donors (Lipinski definition) is 1. The van der Waals surface area contributed by atoms with E-state index in [1.807, 2.05) is 17.0 Å². The van der Waals surface area contributed by atoms with Crippen LogP contribution in [-0.4, -0.2) is 48.0 Å². The van der Waals surface area contributed by atoms with Crippen LogP contribution in [0.3, 0.4) is 0 Å². The molecule has 132 valence electrons. The van der Waals surface area contributed by atoms with Crippen LogP contribution < -0.4 is 10.6 Å². The van der Waals surface area contributed by atoms with Crippen LogP contribution in [0.1, 0.15) is 20.3 Å². The maximum atomic E-state index is 12.3. The highest BCUT2D eigenvalue weighted by atomic mass is 35.5. The van der Waals surface area contributed by atoms with Gasteiger partial charge in [-0.05, 0) is 24.5 Å². The Balaban J connectivity index is 0.00000242. The summed E-state index contributed by atoms with van der Waals surface area (Å²) in [5.74, 6) is 1.40. The minimum atomic E-state index is -0.384. The lowest BCUT2D eigenvalue weighted by Gasteiger charge is -2.36. The summed E-state index contributed by atoms with van der Waals surface area (Å²) >= 11 is 5.84. The van der Waals surface area contributed by atoms with Crippen LogP contribution in [0.5, 0.6) is 0 Å². The predicted octanol–water partition coefficient (Wildman–Crippen LogP) is 2.60. The molecule has 1 aromatic rings. The third kappa shape index (κ3) is 6.34. The molecule has 0 unspecified atom stereocenters. The number of piperazine rings is 1. The van der Waals surface area contributed by atoms with E-state index in [4.69, 9.17) is 17.3 Å². The minimum Gasteiger partial charge on any atom is -0.353 e. The van der Waals surface area contributed by atoms with Crippen molar-refractivity contribution in [2.24, 2.45) is 11.7 Å². The van der Waals surface area contributed by atoms with E-state index >= 15 is 0 Å². The van der Waals surface area contributed by atoms with E-state index in [9.17, 15) is 4.79 Å². The third-order valence-corrected chi connectivity index (χ3v) is 3.89. The Morgan fingerprint density at radius 3 is 2.35 bits per heavy atom. The van der Waals surface area contributed by atoms with Crippen LogP contribution in [0.2, 0.25) is 5.02 Å². The number of pyridine rings is 1. The van der Waals surface area contributed by atoms with Gasteiger partial charge in [0, 0.05) is 32.4 Å². The molecule has 0 aliphatic carbocycles. The Morgan fingerprint density at radius 1 is 1.26 bits per heavy atom. The van der Waals surface area contributed by atoms with E-state index in [0.29, 0.717) is 24.0 Å². The van der Waals surface area contributed by atoms with Crippen LogP contribution in [0.15, 0.2) is 18.3 Å². The second kappa shape index (κ2) is 10.2. The number of anilines is 1. The van der Waals surface area contributed by atoms with Gasteiger partial charge in [-0.1, -0.05) is 25.4 Å². The van der Waals surface area contributed by atoms with Gasteiger partial charge in [0.1, 0.15) is 5.82 Å². The van der Waals surface area contributed by atoms with Crippen molar-refractivity contribution in [1.29, 1.82) is 0 Å². The third-order valence-electron chi connectivity index (χ3n) is 3.67. The quantitative estimate of drug-likeness (QED) is 0.868. The summed E-state index contributed by atoms with van der Waals surface area (Å²) in [6.45, 7) is 7.09. The second-order valence-corrected chi connectivity index (χ2v) is 6.32. The lowest BCUT2D eigenvalue weighted by Crippen LogP contribution is -2.53. The first kappa shape index (κ1) is 22.2. The lowest BCUT2D eigenvalue weighted by molar-refractivity contribution is -0.133. The topological polar surface area (TPSA) is 62.5 Å². The zero-order valence-electron chi connectivity index (χ0n) is 13.4. The summed E-state index contributed by atoms with van der Waals surface area (Å²) < 4.78 is 0. The van der Waals surface area contributed by atoms with Crippen molar-refractivity contribution in [2.75, 3.05) is 31.1 Å². The molecule has 0 saturated carbocycles. The molecule has 1 atom stereocenters. The molecule has 1 aliphatic rings. The highest BCUT2D eigenvalue weighted by molar-refractivity contribution is 6.30. The van der Waals surface area contributed by atoms with Gasteiger partial charge in [-0.3, -0.25) is 4.79 Å². The number of rotatable bonds is 4. The van der Waals surface area contributed by atoms with Gasteiger partial charge < -0.3 is 15.5 Å². The van der Waals surface area contributed by atoms with Crippen LogP contribution in [-0.2, 0) is 4.79 Å². The summed E-state index contributed by atoms with van der Waals surface area (Å²) in [5, 5.41) is 0.632. The van der Waals surface area contributed by atoms with Gasteiger partial charge in [-0.15, -0.1) is 24.8 Å². The van der Waals surface area contributed by atoms with Gasteiger partial charge in [-0.25, -0.2) is 4.98 Å². The molecule has 1 aliphatic heterocycles. The number of nitrogens with two attached hydrogens (primary N) is 1. The van der Waals surface area contributed by atoms with Crippen molar-refractivity contribution >= 4 is 48.1 Å². The molecule has 0 spiro atoms. The van der Waals surface area contributed by atoms with Gasteiger partial charge in [0.25, 0.3) is 0 Å². The van der Waals surface area contributed by atoms with E-state index in [2.05, 4.69) is 23.7 Å². The van der Waals surface area contributed by atoms with Gasteiger partial charge in [-0.2, -0.15) is 0 Å². The maximum absolute atomic E-state index is 12.3. The zero-order chi connectivity index (χ0) is 15.4. The van der Waals surface area contributed by atoms with Crippen molar-refractivity contribution < 1.29 is 4.79 Å². The highest BCUT2D eigenvalue weighted by Gasteiger charge is 2.26. The van der Waals surface area contributed by atoms with Crippen molar-refractivity contribution in [3.63, 3.8) is 0 Å². The highest BCUT2D eigenvalue weighted by Crippen LogP contribution is 2.16. The molecule has 0 radical (unpaired) electrons. The first-order valence-electron chi connectivity index (χ1n) is 7.38. The van der Waals surface area contributed by atoms with E-state index in [1.165, 1.54) is 0 Å². The van der Waals surface area contributed by atoms with Crippen LogP contribution in [0.25, 0.3) is 0 Å². The Kier molecular flexibility index (Phi) is 9.85. The van der Waals surface area contributed by atoms with Crippen LogP contribution in [0, 0.1) is 5.92 Å². The zero-order valence-corrected chi connectivity index (χ0v) is 15.8. The molecule has 1 amide bonds. The molecule has 1 fully saturated rings. The summed E-state index contributed by atoms with van der Waals surface area (Å²) in [6, 6.07) is 3.36.